The van der Waals surface area contributed by atoms with Crippen LogP contribution in [0.15, 0.2) is 28.7 Å². The van der Waals surface area contributed by atoms with Gasteiger partial charge in [-0.25, -0.2) is 13.1 Å². The van der Waals surface area contributed by atoms with E-state index in [0.717, 1.165) is 10.7 Å². The SMILES string of the molecule is CC(Oc1ccc(Br)cc1)C(=O)N1CCC(NS(C)(=O)=O)CC1. The van der Waals surface area contributed by atoms with Crippen LogP contribution in [-0.2, 0) is 14.8 Å². The van der Waals surface area contributed by atoms with Crippen molar-refractivity contribution < 1.29 is 17.9 Å². The van der Waals surface area contributed by atoms with Gasteiger partial charge in [0.2, 0.25) is 10.0 Å². The Morgan fingerprint density at radius 2 is 1.87 bits per heavy atom. The maximum atomic E-state index is 12.4. The maximum absolute atomic E-state index is 12.4. The largest absolute Gasteiger partial charge is 0.481 e. The van der Waals surface area contributed by atoms with Crippen molar-refractivity contribution in [2.24, 2.45) is 0 Å². The zero-order valence-electron chi connectivity index (χ0n) is 13.2. The van der Waals surface area contributed by atoms with E-state index in [-0.39, 0.29) is 11.9 Å². The van der Waals surface area contributed by atoms with E-state index in [1.807, 2.05) is 12.1 Å². The Morgan fingerprint density at radius 1 is 1.30 bits per heavy atom. The fraction of sp³-hybridized carbons (Fsp3) is 0.533. The molecule has 0 radical (unpaired) electrons. The average Bonchev–Trinajstić information content (AvgIpc) is 2.48. The number of halogens is 1. The molecule has 0 saturated carbocycles. The molecule has 1 aliphatic heterocycles. The molecular formula is C15H21BrN2O4S. The summed E-state index contributed by atoms with van der Waals surface area (Å²) in [7, 11) is -3.20. The smallest absolute Gasteiger partial charge is 0.263 e. The van der Waals surface area contributed by atoms with Gasteiger partial charge in [0.05, 0.1) is 6.26 Å². The van der Waals surface area contributed by atoms with Gasteiger partial charge in [0.25, 0.3) is 5.91 Å². The van der Waals surface area contributed by atoms with E-state index in [4.69, 9.17) is 4.74 Å². The molecule has 128 valence electrons. The molecule has 0 bridgehead atoms. The number of likely N-dealkylation sites (tertiary alicyclic amines) is 1. The van der Waals surface area contributed by atoms with Crippen molar-refractivity contribution in [3.63, 3.8) is 0 Å². The molecule has 1 saturated heterocycles. The first-order valence-corrected chi connectivity index (χ1v) is 10.1. The first-order valence-electron chi connectivity index (χ1n) is 7.43. The lowest BCUT2D eigenvalue weighted by Gasteiger charge is -2.33. The number of benzene rings is 1. The standard InChI is InChI=1S/C15H21BrN2O4S/c1-11(22-14-5-3-12(16)4-6-14)15(19)18-9-7-13(8-10-18)17-23(2,20)21/h3-6,11,13,17H,7-10H2,1-2H3. The van der Waals surface area contributed by atoms with Gasteiger partial charge in [-0.3, -0.25) is 4.79 Å². The van der Waals surface area contributed by atoms with Crippen LogP contribution in [0.1, 0.15) is 19.8 Å². The topological polar surface area (TPSA) is 75.7 Å². The fourth-order valence-corrected chi connectivity index (χ4v) is 3.65. The molecule has 0 aromatic heterocycles. The number of carbonyl (C=O) groups is 1. The first-order chi connectivity index (χ1) is 10.7. The van der Waals surface area contributed by atoms with Gasteiger partial charge in [-0.05, 0) is 44.0 Å². The summed E-state index contributed by atoms with van der Waals surface area (Å²) in [6, 6.07) is 7.22. The van der Waals surface area contributed by atoms with Gasteiger partial charge in [0.15, 0.2) is 6.10 Å². The van der Waals surface area contributed by atoms with Gasteiger partial charge in [-0.1, -0.05) is 15.9 Å². The normalized spacial score (nSPS) is 17.8. The highest BCUT2D eigenvalue weighted by molar-refractivity contribution is 9.10. The molecule has 1 aromatic carbocycles. The highest BCUT2D eigenvalue weighted by atomic mass is 79.9. The van der Waals surface area contributed by atoms with Crippen LogP contribution in [0.5, 0.6) is 5.75 Å². The quantitative estimate of drug-likeness (QED) is 0.810. The maximum Gasteiger partial charge on any atom is 0.263 e. The number of sulfonamides is 1. The fourth-order valence-electron chi connectivity index (χ4n) is 2.55. The van der Waals surface area contributed by atoms with Gasteiger partial charge < -0.3 is 9.64 Å². The summed E-state index contributed by atoms with van der Waals surface area (Å²) in [5, 5.41) is 0. The number of amides is 1. The lowest BCUT2D eigenvalue weighted by atomic mass is 10.1. The number of nitrogens with one attached hydrogen (secondary N) is 1. The minimum atomic E-state index is -3.20. The van der Waals surface area contributed by atoms with Crippen molar-refractivity contribution in [1.82, 2.24) is 9.62 Å². The highest BCUT2D eigenvalue weighted by Gasteiger charge is 2.28. The van der Waals surface area contributed by atoms with Gasteiger partial charge in [0.1, 0.15) is 5.75 Å². The van der Waals surface area contributed by atoms with Crippen molar-refractivity contribution >= 4 is 31.9 Å². The van der Waals surface area contributed by atoms with E-state index in [1.165, 1.54) is 0 Å². The molecule has 6 nitrogen and oxygen atoms in total. The summed E-state index contributed by atoms with van der Waals surface area (Å²) in [5.74, 6) is 0.563. The summed E-state index contributed by atoms with van der Waals surface area (Å²) < 4.78 is 31.7. The summed E-state index contributed by atoms with van der Waals surface area (Å²) in [6.07, 6.45) is 1.81. The zero-order chi connectivity index (χ0) is 17.0. The van der Waals surface area contributed by atoms with Crippen LogP contribution < -0.4 is 9.46 Å². The van der Waals surface area contributed by atoms with E-state index in [1.54, 1.807) is 24.0 Å². The van der Waals surface area contributed by atoms with Crippen molar-refractivity contribution in [3.8, 4) is 5.75 Å². The molecule has 8 heteroatoms. The van der Waals surface area contributed by atoms with Crippen LogP contribution in [0.4, 0.5) is 0 Å². The summed E-state index contributed by atoms with van der Waals surface area (Å²) in [6.45, 7) is 2.78. The molecular weight excluding hydrogens is 384 g/mol. The van der Waals surface area contributed by atoms with Gasteiger partial charge in [-0.15, -0.1) is 0 Å². The third-order valence-electron chi connectivity index (χ3n) is 3.66. The Kier molecular flexibility index (Phi) is 6.05. The Morgan fingerprint density at radius 3 is 2.39 bits per heavy atom. The molecule has 1 unspecified atom stereocenters. The van der Waals surface area contributed by atoms with Crippen LogP contribution in [-0.4, -0.2) is 50.7 Å². The monoisotopic (exact) mass is 404 g/mol. The molecule has 0 spiro atoms. The molecule has 1 fully saturated rings. The minimum absolute atomic E-state index is 0.0780. The zero-order valence-corrected chi connectivity index (χ0v) is 15.6. The van der Waals surface area contributed by atoms with Crippen molar-refractivity contribution in [1.29, 1.82) is 0 Å². The third-order valence-corrected chi connectivity index (χ3v) is 4.95. The molecule has 1 aromatic rings. The lowest BCUT2D eigenvalue weighted by Crippen LogP contribution is -2.49. The lowest BCUT2D eigenvalue weighted by molar-refractivity contribution is -0.139. The van der Waals surface area contributed by atoms with Gasteiger partial charge >= 0.3 is 0 Å². The van der Waals surface area contributed by atoms with Gasteiger partial charge in [0, 0.05) is 23.6 Å². The second kappa shape index (κ2) is 7.63. The van der Waals surface area contributed by atoms with Crippen LogP contribution in [0.3, 0.4) is 0 Å². The molecule has 1 amide bonds. The van der Waals surface area contributed by atoms with E-state index in [2.05, 4.69) is 20.7 Å². The summed E-state index contributed by atoms with van der Waals surface area (Å²) >= 11 is 3.35. The summed E-state index contributed by atoms with van der Waals surface area (Å²) in [5.41, 5.74) is 0. The molecule has 0 aliphatic carbocycles. The van der Waals surface area contributed by atoms with E-state index in [0.29, 0.717) is 31.7 Å². The second-order valence-corrected chi connectivity index (χ2v) is 8.40. The number of piperidine rings is 1. The number of nitrogens with zero attached hydrogens (tertiary/aromatic N) is 1. The van der Waals surface area contributed by atoms with Crippen LogP contribution in [0, 0.1) is 0 Å². The second-order valence-electron chi connectivity index (χ2n) is 5.70. The van der Waals surface area contributed by atoms with E-state index in [9.17, 15) is 13.2 Å². The third kappa shape index (κ3) is 5.78. The minimum Gasteiger partial charge on any atom is -0.481 e. The number of rotatable bonds is 5. The number of hydrogen-bond acceptors (Lipinski definition) is 4. The molecule has 1 atom stereocenters. The molecule has 1 aliphatic rings. The Labute approximate surface area is 145 Å². The van der Waals surface area contributed by atoms with Crippen LogP contribution in [0.25, 0.3) is 0 Å². The number of carbonyl (C=O) groups excluding carboxylic acids is 1. The molecule has 23 heavy (non-hydrogen) atoms. The van der Waals surface area contributed by atoms with Crippen molar-refractivity contribution in [2.45, 2.75) is 31.9 Å². The average molecular weight is 405 g/mol. The Bertz CT molecular complexity index is 640. The number of ether oxygens (including phenoxy) is 1. The Hall–Kier alpha value is -1.12. The molecule has 2 rings (SSSR count). The Balaban J connectivity index is 1.85. The predicted octanol–water partition coefficient (Wildman–Crippen LogP) is 1.76. The molecule has 1 N–H and O–H groups in total. The van der Waals surface area contributed by atoms with E-state index < -0.39 is 16.1 Å². The predicted molar refractivity (Wildman–Crippen MR) is 91.8 cm³/mol. The number of hydrogen-bond donors (Lipinski definition) is 1. The first kappa shape index (κ1) is 18.2. The highest BCUT2D eigenvalue weighted by Crippen LogP contribution is 2.19. The van der Waals surface area contributed by atoms with Crippen molar-refractivity contribution in [3.05, 3.63) is 28.7 Å². The van der Waals surface area contributed by atoms with Crippen molar-refractivity contribution in [2.75, 3.05) is 19.3 Å². The van der Waals surface area contributed by atoms with Crippen LogP contribution >= 0.6 is 15.9 Å². The van der Waals surface area contributed by atoms with Crippen LogP contribution in [0.2, 0.25) is 0 Å². The van der Waals surface area contributed by atoms with E-state index >= 15 is 0 Å². The summed E-state index contributed by atoms with van der Waals surface area (Å²) in [4.78, 5) is 14.1. The molecule has 1 heterocycles. The van der Waals surface area contributed by atoms with Gasteiger partial charge in [-0.2, -0.15) is 0 Å².